The fraction of sp³-hybridized carbons (Fsp3) is 0.435. The van der Waals surface area contributed by atoms with Crippen LogP contribution >= 0.6 is 0 Å². The van der Waals surface area contributed by atoms with Crippen molar-refractivity contribution >= 4 is 23.2 Å². The number of nitrogens with zero attached hydrogens (tertiary/aromatic N) is 9. The fourth-order valence-corrected chi connectivity index (χ4v) is 3.99. The van der Waals surface area contributed by atoms with Crippen molar-refractivity contribution < 1.29 is 9.15 Å². The highest BCUT2D eigenvalue weighted by Gasteiger charge is 2.19. The summed E-state index contributed by atoms with van der Waals surface area (Å²) in [5, 5.41) is 4.34. The molecule has 0 spiro atoms. The van der Waals surface area contributed by atoms with E-state index in [9.17, 15) is 0 Å². The number of nitrogens with two attached hydrogens (primary N) is 1. The van der Waals surface area contributed by atoms with Crippen LogP contribution in [0.5, 0.6) is 5.75 Å². The highest BCUT2D eigenvalue weighted by molar-refractivity contribution is 5.58. The molecule has 0 aliphatic carbocycles. The van der Waals surface area contributed by atoms with Gasteiger partial charge in [-0.25, -0.2) is 15.0 Å². The zero-order chi connectivity index (χ0) is 24.2. The van der Waals surface area contributed by atoms with Crippen molar-refractivity contribution in [1.29, 1.82) is 0 Å². The van der Waals surface area contributed by atoms with Crippen molar-refractivity contribution in [1.82, 2.24) is 34.4 Å². The predicted molar refractivity (Wildman–Crippen MR) is 133 cm³/mol. The SMILES string of the molecule is CCCOc1ccc(N2CCN(CCN(C)c3cc4nc(-c5ncco5)nn4c(N)n3)CC2)nc1. The van der Waals surface area contributed by atoms with E-state index >= 15 is 0 Å². The van der Waals surface area contributed by atoms with Crippen LogP contribution in [0.4, 0.5) is 17.6 Å². The second kappa shape index (κ2) is 10.1. The van der Waals surface area contributed by atoms with Gasteiger partial charge in [0.15, 0.2) is 5.65 Å². The van der Waals surface area contributed by atoms with Gasteiger partial charge in [0.2, 0.25) is 11.8 Å². The second-order valence-corrected chi connectivity index (χ2v) is 8.47. The van der Waals surface area contributed by atoms with Gasteiger partial charge in [0.25, 0.3) is 5.89 Å². The Balaban J connectivity index is 1.15. The van der Waals surface area contributed by atoms with E-state index in [0.717, 1.165) is 63.1 Å². The molecule has 4 aromatic heterocycles. The molecule has 0 atom stereocenters. The molecule has 1 aliphatic heterocycles. The van der Waals surface area contributed by atoms with Crippen molar-refractivity contribution in [2.45, 2.75) is 13.3 Å². The minimum atomic E-state index is 0.266. The van der Waals surface area contributed by atoms with Gasteiger partial charge in [-0.1, -0.05) is 6.92 Å². The van der Waals surface area contributed by atoms with E-state index < -0.39 is 0 Å². The number of rotatable bonds is 9. The van der Waals surface area contributed by atoms with E-state index in [1.165, 1.54) is 10.8 Å². The zero-order valence-corrected chi connectivity index (χ0v) is 20.0. The van der Waals surface area contributed by atoms with Crippen molar-refractivity contribution in [3.63, 3.8) is 0 Å². The van der Waals surface area contributed by atoms with Crippen LogP contribution in [0.3, 0.4) is 0 Å². The molecule has 5 heterocycles. The molecule has 1 fully saturated rings. The van der Waals surface area contributed by atoms with Crippen LogP contribution in [0.1, 0.15) is 13.3 Å². The number of pyridine rings is 1. The number of fused-ring (bicyclic) bond motifs is 1. The largest absolute Gasteiger partial charge is 0.492 e. The van der Waals surface area contributed by atoms with Crippen LogP contribution in [0.2, 0.25) is 0 Å². The maximum atomic E-state index is 6.15. The smallest absolute Gasteiger partial charge is 0.266 e. The molecule has 0 amide bonds. The van der Waals surface area contributed by atoms with Gasteiger partial charge in [0, 0.05) is 52.4 Å². The Morgan fingerprint density at radius 2 is 2.00 bits per heavy atom. The number of piperazine rings is 1. The molecule has 0 unspecified atom stereocenters. The summed E-state index contributed by atoms with van der Waals surface area (Å²) in [5.74, 6) is 3.55. The molecule has 184 valence electrons. The number of likely N-dealkylation sites (N-methyl/N-ethyl adjacent to an activating group) is 1. The van der Waals surface area contributed by atoms with Crippen molar-refractivity contribution in [2.75, 3.05) is 68.5 Å². The summed E-state index contributed by atoms with van der Waals surface area (Å²) >= 11 is 0. The fourth-order valence-electron chi connectivity index (χ4n) is 3.99. The van der Waals surface area contributed by atoms with Gasteiger partial charge in [0.1, 0.15) is 23.6 Å². The Morgan fingerprint density at radius 1 is 1.14 bits per heavy atom. The van der Waals surface area contributed by atoms with E-state index in [2.05, 4.69) is 46.7 Å². The summed E-state index contributed by atoms with van der Waals surface area (Å²) in [6.07, 6.45) is 5.84. The third-order valence-corrected chi connectivity index (χ3v) is 5.99. The first-order valence-electron chi connectivity index (χ1n) is 11.8. The topological polar surface area (TPSA) is 127 Å². The highest BCUT2D eigenvalue weighted by atomic mass is 16.5. The highest BCUT2D eigenvalue weighted by Crippen LogP contribution is 2.20. The molecule has 0 bridgehead atoms. The molecule has 5 rings (SSSR count). The minimum Gasteiger partial charge on any atom is -0.492 e. The van der Waals surface area contributed by atoms with Crippen LogP contribution in [0.25, 0.3) is 17.4 Å². The maximum absolute atomic E-state index is 6.15. The van der Waals surface area contributed by atoms with Crippen molar-refractivity contribution in [3.8, 4) is 17.5 Å². The minimum absolute atomic E-state index is 0.266. The summed E-state index contributed by atoms with van der Waals surface area (Å²) in [5.41, 5.74) is 6.74. The lowest BCUT2D eigenvalue weighted by Crippen LogP contribution is -2.48. The van der Waals surface area contributed by atoms with Crippen LogP contribution in [0.15, 0.2) is 41.3 Å². The number of anilines is 3. The summed E-state index contributed by atoms with van der Waals surface area (Å²) in [7, 11) is 2.01. The van der Waals surface area contributed by atoms with Gasteiger partial charge in [-0.15, -0.1) is 5.10 Å². The van der Waals surface area contributed by atoms with Crippen LogP contribution in [-0.4, -0.2) is 87.4 Å². The Hall–Kier alpha value is -3.93. The average molecular weight is 479 g/mol. The zero-order valence-electron chi connectivity index (χ0n) is 20.0. The summed E-state index contributed by atoms with van der Waals surface area (Å²) < 4.78 is 12.4. The summed E-state index contributed by atoms with van der Waals surface area (Å²) in [6.45, 7) is 8.36. The lowest BCUT2D eigenvalue weighted by molar-refractivity contribution is 0.263. The third kappa shape index (κ3) is 5.11. The van der Waals surface area contributed by atoms with Crippen LogP contribution in [0, 0.1) is 0 Å². The summed E-state index contributed by atoms with van der Waals surface area (Å²) in [6, 6.07) is 5.91. The van der Waals surface area contributed by atoms with Crippen LogP contribution in [-0.2, 0) is 0 Å². The molecule has 12 nitrogen and oxygen atoms in total. The molecule has 35 heavy (non-hydrogen) atoms. The van der Waals surface area contributed by atoms with Gasteiger partial charge in [-0.05, 0) is 18.6 Å². The van der Waals surface area contributed by atoms with Gasteiger partial charge in [-0.2, -0.15) is 9.50 Å². The predicted octanol–water partition coefficient (Wildman–Crippen LogP) is 1.80. The maximum Gasteiger partial charge on any atom is 0.266 e. The molecule has 0 saturated carbocycles. The van der Waals surface area contributed by atoms with E-state index in [1.807, 2.05) is 31.4 Å². The van der Waals surface area contributed by atoms with E-state index in [1.54, 1.807) is 6.20 Å². The monoisotopic (exact) mass is 478 g/mol. The number of aromatic nitrogens is 6. The van der Waals surface area contributed by atoms with Gasteiger partial charge < -0.3 is 24.7 Å². The normalized spacial score (nSPS) is 14.5. The van der Waals surface area contributed by atoms with Crippen molar-refractivity contribution in [3.05, 3.63) is 36.9 Å². The first kappa shape index (κ1) is 22.8. The molecule has 0 radical (unpaired) electrons. The first-order chi connectivity index (χ1) is 17.1. The Kier molecular flexibility index (Phi) is 6.62. The lowest BCUT2D eigenvalue weighted by Gasteiger charge is -2.36. The van der Waals surface area contributed by atoms with Gasteiger partial charge in [-0.3, -0.25) is 4.90 Å². The molecule has 0 aromatic carbocycles. The molecule has 4 aromatic rings. The molecule has 12 heteroatoms. The number of ether oxygens (including phenoxy) is 1. The molecule has 2 N–H and O–H groups in total. The van der Waals surface area contributed by atoms with Crippen LogP contribution < -0.4 is 20.3 Å². The quantitative estimate of drug-likeness (QED) is 0.378. The van der Waals surface area contributed by atoms with Crippen molar-refractivity contribution in [2.24, 2.45) is 0 Å². The first-order valence-corrected chi connectivity index (χ1v) is 11.8. The molecular formula is C23H30N10O2. The van der Waals surface area contributed by atoms with E-state index in [-0.39, 0.29) is 5.95 Å². The second-order valence-electron chi connectivity index (χ2n) is 8.47. The average Bonchev–Trinajstić information content (AvgIpc) is 3.57. The van der Waals surface area contributed by atoms with Gasteiger partial charge >= 0.3 is 0 Å². The Morgan fingerprint density at radius 3 is 2.71 bits per heavy atom. The Labute approximate surface area is 203 Å². The van der Waals surface area contributed by atoms with E-state index in [0.29, 0.717) is 24.0 Å². The summed E-state index contributed by atoms with van der Waals surface area (Å²) in [4.78, 5) is 24.5. The molecule has 1 saturated heterocycles. The third-order valence-electron chi connectivity index (χ3n) is 5.99. The number of oxazole rings is 1. The number of hydrogen-bond acceptors (Lipinski definition) is 11. The molecule has 1 aliphatic rings. The van der Waals surface area contributed by atoms with Gasteiger partial charge in [0.05, 0.1) is 19.0 Å². The number of hydrogen-bond donors (Lipinski definition) is 1. The number of nitrogen functional groups attached to an aromatic ring is 1. The van der Waals surface area contributed by atoms with E-state index in [4.69, 9.17) is 14.9 Å². The Bertz CT molecular complexity index is 1230. The lowest BCUT2D eigenvalue weighted by atomic mass is 10.3. The standard InChI is InChI=1S/C23H30N10O2/c1-3-13-34-17-4-5-18(26-16-17)32-11-9-31(10-12-32)8-7-30(2)19-15-20-27-21(22-25-6-14-35-22)29-33(20)23(24)28-19/h4-6,14-16H,3,7-13H2,1-2H3,(H2,24,28). The molecular weight excluding hydrogens is 448 g/mol.